The van der Waals surface area contributed by atoms with Gasteiger partial charge in [0.1, 0.15) is 17.8 Å². The summed E-state index contributed by atoms with van der Waals surface area (Å²) in [6.07, 6.45) is 3.49. The molecule has 0 saturated heterocycles. The van der Waals surface area contributed by atoms with Crippen LogP contribution in [0.3, 0.4) is 0 Å². The van der Waals surface area contributed by atoms with E-state index < -0.39 is 0 Å². The molecule has 0 aliphatic heterocycles. The fraction of sp³-hybridized carbons (Fsp3) is 0.0769. The smallest absolute Gasteiger partial charge is 0.144 e. The molecule has 0 aliphatic carbocycles. The number of rotatable bonds is 2. The van der Waals surface area contributed by atoms with E-state index >= 15 is 0 Å². The van der Waals surface area contributed by atoms with Crippen LogP contribution in [-0.4, -0.2) is 15.0 Å². The number of halogens is 1. The Hall–Kier alpha value is -1.63. The largest absolute Gasteiger partial charge is 0.345 e. The fourth-order valence-electron chi connectivity index (χ4n) is 1.88. The number of fused-ring (bicyclic) bond motifs is 1. The lowest BCUT2D eigenvalue weighted by Gasteiger charge is -2.07. The number of aromatic amines is 1. The topological polar surface area (TPSA) is 53.6 Å². The molecule has 0 spiro atoms. The second-order valence-electron chi connectivity index (χ2n) is 4.08. The van der Waals surface area contributed by atoms with Crippen molar-refractivity contribution in [1.82, 2.24) is 15.0 Å². The van der Waals surface area contributed by atoms with Gasteiger partial charge in [-0.3, -0.25) is 0 Å². The van der Waals surface area contributed by atoms with Gasteiger partial charge in [-0.2, -0.15) is 0 Å². The Kier molecular flexibility index (Phi) is 2.91. The molecule has 0 saturated carbocycles. The number of aromatic nitrogens is 3. The molecule has 2 aromatic heterocycles. The van der Waals surface area contributed by atoms with Crippen molar-refractivity contribution in [3.63, 3.8) is 0 Å². The van der Waals surface area contributed by atoms with E-state index in [0.717, 1.165) is 26.1 Å². The molecule has 4 nitrogen and oxygen atoms in total. The average molecular weight is 350 g/mol. The number of benzene rings is 1. The van der Waals surface area contributed by atoms with Crippen LogP contribution in [0.1, 0.15) is 5.56 Å². The quantitative estimate of drug-likeness (QED) is 0.695. The molecule has 18 heavy (non-hydrogen) atoms. The monoisotopic (exact) mass is 350 g/mol. The minimum absolute atomic E-state index is 0.830. The van der Waals surface area contributed by atoms with Crippen molar-refractivity contribution in [2.24, 2.45) is 0 Å². The summed E-state index contributed by atoms with van der Waals surface area (Å²) in [5.74, 6) is 0.830. The number of aryl methyl sites for hydroxylation is 1. The van der Waals surface area contributed by atoms with Crippen LogP contribution in [0.2, 0.25) is 0 Å². The maximum atomic E-state index is 4.32. The van der Waals surface area contributed by atoms with Gasteiger partial charge >= 0.3 is 0 Å². The molecule has 5 heteroatoms. The zero-order chi connectivity index (χ0) is 12.5. The van der Waals surface area contributed by atoms with Crippen molar-refractivity contribution < 1.29 is 0 Å². The lowest BCUT2D eigenvalue weighted by Crippen LogP contribution is -1.95. The Labute approximate surface area is 118 Å². The van der Waals surface area contributed by atoms with E-state index in [-0.39, 0.29) is 0 Å². The Morgan fingerprint density at radius 1 is 1.28 bits per heavy atom. The summed E-state index contributed by atoms with van der Waals surface area (Å²) < 4.78 is 1.11. The summed E-state index contributed by atoms with van der Waals surface area (Å²) in [6, 6.07) is 8.22. The predicted octanol–water partition coefficient (Wildman–Crippen LogP) is 3.61. The third-order valence-corrected chi connectivity index (χ3v) is 3.55. The average Bonchev–Trinajstić information content (AvgIpc) is 2.72. The van der Waals surface area contributed by atoms with E-state index in [1.165, 1.54) is 5.56 Å². The van der Waals surface area contributed by atoms with Gasteiger partial charge < -0.3 is 10.3 Å². The Bertz CT molecular complexity index is 705. The SMILES string of the molecule is Cc1cccc(Nc2ncnc3[nH]cc(I)c23)c1. The van der Waals surface area contributed by atoms with Gasteiger partial charge in [0.05, 0.1) is 5.39 Å². The second-order valence-corrected chi connectivity index (χ2v) is 5.24. The maximum absolute atomic E-state index is 4.32. The van der Waals surface area contributed by atoms with Crippen LogP contribution >= 0.6 is 22.6 Å². The van der Waals surface area contributed by atoms with Crippen LogP contribution in [0, 0.1) is 10.5 Å². The van der Waals surface area contributed by atoms with E-state index in [0.29, 0.717) is 0 Å². The molecule has 3 rings (SSSR count). The van der Waals surface area contributed by atoms with Crippen molar-refractivity contribution >= 4 is 45.1 Å². The molecule has 3 aromatic rings. The van der Waals surface area contributed by atoms with Crippen LogP contribution in [0.25, 0.3) is 11.0 Å². The third kappa shape index (κ3) is 2.05. The molecule has 0 fully saturated rings. The molecule has 2 heterocycles. The van der Waals surface area contributed by atoms with Crippen molar-refractivity contribution in [3.8, 4) is 0 Å². The van der Waals surface area contributed by atoms with Gasteiger partial charge in [-0.05, 0) is 47.2 Å². The first-order valence-electron chi connectivity index (χ1n) is 5.55. The Morgan fingerprint density at radius 3 is 3.00 bits per heavy atom. The first kappa shape index (κ1) is 11.5. The molecule has 0 amide bonds. The first-order valence-corrected chi connectivity index (χ1v) is 6.63. The first-order chi connectivity index (χ1) is 8.74. The lowest BCUT2D eigenvalue weighted by atomic mass is 10.2. The number of hydrogen-bond donors (Lipinski definition) is 2. The van der Waals surface area contributed by atoms with Crippen LogP contribution in [-0.2, 0) is 0 Å². The summed E-state index contributed by atoms with van der Waals surface area (Å²) in [6.45, 7) is 2.07. The Morgan fingerprint density at radius 2 is 2.17 bits per heavy atom. The van der Waals surface area contributed by atoms with Crippen LogP contribution in [0.5, 0.6) is 0 Å². The minimum atomic E-state index is 0.830. The van der Waals surface area contributed by atoms with Crippen molar-refractivity contribution in [3.05, 3.63) is 45.9 Å². The molecule has 0 bridgehead atoms. The van der Waals surface area contributed by atoms with E-state index in [4.69, 9.17) is 0 Å². The van der Waals surface area contributed by atoms with Crippen molar-refractivity contribution in [1.29, 1.82) is 0 Å². The summed E-state index contributed by atoms with van der Waals surface area (Å²) in [5.41, 5.74) is 3.10. The highest BCUT2D eigenvalue weighted by Gasteiger charge is 2.09. The van der Waals surface area contributed by atoms with Crippen LogP contribution in [0.4, 0.5) is 11.5 Å². The standard InChI is InChI=1S/C13H11IN4/c1-8-3-2-4-9(5-8)18-13-11-10(14)6-15-12(11)16-7-17-13/h2-7H,1H3,(H2,15,16,17,18). The highest BCUT2D eigenvalue weighted by molar-refractivity contribution is 14.1. The van der Waals surface area contributed by atoms with Gasteiger partial charge in [-0.25, -0.2) is 9.97 Å². The van der Waals surface area contributed by atoms with Crippen molar-refractivity contribution in [2.45, 2.75) is 6.92 Å². The molecule has 0 aliphatic rings. The Balaban J connectivity index is 2.07. The molecular weight excluding hydrogens is 339 g/mol. The highest BCUT2D eigenvalue weighted by atomic mass is 127. The van der Waals surface area contributed by atoms with E-state index in [2.05, 4.69) is 61.9 Å². The molecule has 90 valence electrons. The predicted molar refractivity (Wildman–Crippen MR) is 81.1 cm³/mol. The van der Waals surface area contributed by atoms with Crippen LogP contribution in [0.15, 0.2) is 36.8 Å². The van der Waals surface area contributed by atoms with E-state index in [9.17, 15) is 0 Å². The maximum Gasteiger partial charge on any atom is 0.144 e. The molecular formula is C13H11IN4. The van der Waals surface area contributed by atoms with Gasteiger partial charge in [0.2, 0.25) is 0 Å². The number of anilines is 2. The summed E-state index contributed by atoms with van der Waals surface area (Å²) in [5, 5.41) is 4.37. The summed E-state index contributed by atoms with van der Waals surface area (Å²) >= 11 is 2.28. The minimum Gasteiger partial charge on any atom is -0.345 e. The van der Waals surface area contributed by atoms with Gasteiger partial charge in [0.25, 0.3) is 0 Å². The molecule has 0 radical (unpaired) electrons. The second kappa shape index (κ2) is 4.56. The van der Waals surface area contributed by atoms with Gasteiger partial charge in [0, 0.05) is 15.5 Å². The normalized spacial score (nSPS) is 10.8. The fourth-order valence-corrected chi connectivity index (χ4v) is 2.55. The number of nitrogens with one attached hydrogen (secondary N) is 2. The number of nitrogens with zero attached hydrogens (tertiary/aromatic N) is 2. The summed E-state index contributed by atoms with van der Waals surface area (Å²) in [7, 11) is 0. The van der Waals surface area contributed by atoms with Gasteiger partial charge in [0.15, 0.2) is 0 Å². The number of hydrogen-bond acceptors (Lipinski definition) is 3. The molecule has 2 N–H and O–H groups in total. The van der Waals surface area contributed by atoms with E-state index in [1.54, 1.807) is 6.33 Å². The summed E-state index contributed by atoms with van der Waals surface area (Å²) in [4.78, 5) is 11.7. The zero-order valence-corrected chi connectivity index (χ0v) is 11.9. The third-order valence-electron chi connectivity index (χ3n) is 2.70. The molecule has 0 atom stereocenters. The highest BCUT2D eigenvalue weighted by Crippen LogP contribution is 2.27. The lowest BCUT2D eigenvalue weighted by molar-refractivity contribution is 1.20. The van der Waals surface area contributed by atoms with Crippen LogP contribution < -0.4 is 5.32 Å². The number of H-pyrrole nitrogens is 1. The van der Waals surface area contributed by atoms with Gasteiger partial charge in [-0.1, -0.05) is 12.1 Å². The van der Waals surface area contributed by atoms with Crippen molar-refractivity contribution in [2.75, 3.05) is 5.32 Å². The van der Waals surface area contributed by atoms with Gasteiger partial charge in [-0.15, -0.1) is 0 Å². The molecule has 0 unspecified atom stereocenters. The molecule has 1 aromatic carbocycles. The zero-order valence-electron chi connectivity index (χ0n) is 9.74. The van der Waals surface area contributed by atoms with E-state index in [1.807, 2.05) is 18.3 Å².